The van der Waals surface area contributed by atoms with Crippen LogP contribution in [0.4, 0.5) is 5.69 Å². The molecular formula is C30H40N4O2. The molecule has 1 fully saturated rings. The third kappa shape index (κ3) is 5.30. The van der Waals surface area contributed by atoms with Gasteiger partial charge in [0.15, 0.2) is 0 Å². The molecule has 0 spiro atoms. The van der Waals surface area contributed by atoms with Crippen LogP contribution in [-0.4, -0.2) is 80.9 Å². The lowest BCUT2D eigenvalue weighted by atomic mass is 9.87. The Balaban J connectivity index is 1.18. The second-order valence-electron chi connectivity index (χ2n) is 10.1. The highest BCUT2D eigenvalue weighted by Crippen LogP contribution is 2.32. The van der Waals surface area contributed by atoms with Gasteiger partial charge < -0.3 is 14.4 Å². The maximum Gasteiger partial charge on any atom is 0.145 e. The van der Waals surface area contributed by atoms with Crippen molar-refractivity contribution in [3.8, 4) is 11.5 Å². The van der Waals surface area contributed by atoms with Gasteiger partial charge in [0.1, 0.15) is 17.0 Å². The number of hydrogen-bond acceptors (Lipinski definition) is 6. The van der Waals surface area contributed by atoms with Crippen LogP contribution < -0.4 is 14.4 Å². The Morgan fingerprint density at radius 2 is 1.83 bits per heavy atom. The van der Waals surface area contributed by atoms with E-state index in [0.29, 0.717) is 6.04 Å². The number of nitrogens with zero attached hydrogens (tertiary/aromatic N) is 4. The van der Waals surface area contributed by atoms with E-state index in [1.165, 1.54) is 48.0 Å². The number of methoxy groups -OCH3 is 2. The Hall–Kier alpha value is -2.83. The zero-order valence-electron chi connectivity index (χ0n) is 22.1. The molecule has 1 aliphatic heterocycles. The van der Waals surface area contributed by atoms with Gasteiger partial charge in [-0.15, -0.1) is 0 Å². The molecule has 1 atom stereocenters. The first-order valence-electron chi connectivity index (χ1n) is 13.5. The Morgan fingerprint density at radius 1 is 0.972 bits per heavy atom. The van der Waals surface area contributed by atoms with E-state index in [1.807, 2.05) is 12.3 Å². The summed E-state index contributed by atoms with van der Waals surface area (Å²) in [6, 6.07) is 15.6. The molecule has 1 unspecified atom stereocenters. The fraction of sp³-hybridized carbons (Fsp3) is 0.500. The third-order valence-corrected chi connectivity index (χ3v) is 7.99. The quantitative estimate of drug-likeness (QED) is 0.437. The van der Waals surface area contributed by atoms with Gasteiger partial charge in [-0.25, -0.2) is 0 Å². The molecule has 1 saturated heterocycles. The largest absolute Gasteiger partial charge is 0.497 e. The zero-order valence-corrected chi connectivity index (χ0v) is 22.1. The summed E-state index contributed by atoms with van der Waals surface area (Å²) >= 11 is 0. The fourth-order valence-corrected chi connectivity index (χ4v) is 5.97. The predicted molar refractivity (Wildman–Crippen MR) is 148 cm³/mol. The first kappa shape index (κ1) is 24.8. The number of anilines is 1. The van der Waals surface area contributed by atoms with Crippen molar-refractivity contribution >= 4 is 16.6 Å². The molecule has 3 aromatic rings. The van der Waals surface area contributed by atoms with Crippen molar-refractivity contribution in [3.63, 3.8) is 0 Å². The summed E-state index contributed by atoms with van der Waals surface area (Å²) in [7, 11) is 3.48. The second kappa shape index (κ2) is 11.5. The minimum atomic E-state index is 0.629. The van der Waals surface area contributed by atoms with Gasteiger partial charge in [0.2, 0.25) is 0 Å². The molecule has 0 saturated carbocycles. The number of pyridine rings is 1. The van der Waals surface area contributed by atoms with Crippen molar-refractivity contribution in [1.82, 2.24) is 14.8 Å². The van der Waals surface area contributed by atoms with Crippen LogP contribution in [0.5, 0.6) is 11.5 Å². The number of para-hydroxylation sites is 1. The lowest BCUT2D eigenvalue weighted by Crippen LogP contribution is -2.50. The molecule has 2 heterocycles. The van der Waals surface area contributed by atoms with Crippen LogP contribution in [0.25, 0.3) is 10.9 Å². The molecule has 1 aliphatic carbocycles. The Labute approximate surface area is 215 Å². The molecular weight excluding hydrogens is 448 g/mol. The number of rotatable bonds is 9. The summed E-state index contributed by atoms with van der Waals surface area (Å²) in [4.78, 5) is 12.5. The molecule has 5 rings (SSSR count). The standard InChI is InChI=1S/C30H40N4O2/c1-4-14-33(25-10-8-23-9-11-26(35-2)22-24(23)21-25)18-15-32-16-19-34(20-17-32)28-12-13-31-30-27(28)6-5-7-29(30)36-3/h5-7,9,11-13,22,25H,4,8,10,14-21H2,1-3H3. The normalized spacial score (nSPS) is 18.4. The topological polar surface area (TPSA) is 41.1 Å². The van der Waals surface area contributed by atoms with Crippen molar-refractivity contribution in [2.24, 2.45) is 0 Å². The van der Waals surface area contributed by atoms with E-state index in [2.05, 4.69) is 63.0 Å². The number of aromatic nitrogens is 1. The number of ether oxygens (including phenoxy) is 2. The summed E-state index contributed by atoms with van der Waals surface area (Å²) in [5.74, 6) is 1.82. The molecule has 192 valence electrons. The maximum absolute atomic E-state index is 5.54. The summed E-state index contributed by atoms with van der Waals surface area (Å²) in [5.41, 5.74) is 5.19. The average Bonchev–Trinajstić information content (AvgIpc) is 2.94. The Morgan fingerprint density at radius 3 is 2.61 bits per heavy atom. The van der Waals surface area contributed by atoms with Gasteiger partial charge >= 0.3 is 0 Å². The fourth-order valence-electron chi connectivity index (χ4n) is 5.97. The van der Waals surface area contributed by atoms with Crippen molar-refractivity contribution in [1.29, 1.82) is 0 Å². The van der Waals surface area contributed by atoms with Gasteiger partial charge in [-0.1, -0.05) is 25.1 Å². The van der Waals surface area contributed by atoms with Crippen LogP contribution in [0, 0.1) is 0 Å². The summed E-state index contributed by atoms with van der Waals surface area (Å²) < 4.78 is 11.0. The van der Waals surface area contributed by atoms with Gasteiger partial charge in [0.05, 0.1) is 14.2 Å². The summed E-state index contributed by atoms with van der Waals surface area (Å²) in [5, 5.41) is 1.17. The van der Waals surface area contributed by atoms with E-state index in [9.17, 15) is 0 Å². The van der Waals surface area contributed by atoms with E-state index >= 15 is 0 Å². The molecule has 0 amide bonds. The third-order valence-electron chi connectivity index (χ3n) is 7.99. The van der Waals surface area contributed by atoms with E-state index in [0.717, 1.165) is 62.7 Å². The molecule has 6 heteroatoms. The van der Waals surface area contributed by atoms with Gasteiger partial charge in [-0.3, -0.25) is 14.8 Å². The zero-order chi connectivity index (χ0) is 24.9. The van der Waals surface area contributed by atoms with Crippen molar-refractivity contribution in [2.45, 2.75) is 38.6 Å². The predicted octanol–water partition coefficient (Wildman–Crippen LogP) is 4.64. The smallest absolute Gasteiger partial charge is 0.145 e. The van der Waals surface area contributed by atoms with Crippen molar-refractivity contribution < 1.29 is 9.47 Å². The Bertz CT molecular complexity index is 1160. The SMILES string of the molecule is CCCN(CCN1CCN(c2ccnc3c(OC)cccc23)CC1)C1CCc2ccc(OC)cc2C1. The van der Waals surface area contributed by atoms with Gasteiger partial charge in [0, 0.05) is 62.6 Å². The Kier molecular flexibility index (Phi) is 7.93. The minimum absolute atomic E-state index is 0.629. The lowest BCUT2D eigenvalue weighted by Gasteiger charge is -2.39. The van der Waals surface area contributed by atoms with Crippen LogP contribution in [-0.2, 0) is 12.8 Å². The van der Waals surface area contributed by atoms with E-state index in [4.69, 9.17) is 9.47 Å². The number of benzene rings is 2. The molecule has 2 aliphatic rings. The van der Waals surface area contributed by atoms with Crippen LogP contribution in [0.1, 0.15) is 30.9 Å². The van der Waals surface area contributed by atoms with Crippen LogP contribution >= 0.6 is 0 Å². The molecule has 36 heavy (non-hydrogen) atoms. The molecule has 6 nitrogen and oxygen atoms in total. The lowest BCUT2D eigenvalue weighted by molar-refractivity contribution is 0.145. The average molecular weight is 489 g/mol. The monoisotopic (exact) mass is 488 g/mol. The number of hydrogen-bond donors (Lipinski definition) is 0. The van der Waals surface area contributed by atoms with Crippen LogP contribution in [0.3, 0.4) is 0 Å². The van der Waals surface area contributed by atoms with Gasteiger partial charge in [-0.2, -0.15) is 0 Å². The molecule has 0 radical (unpaired) electrons. The minimum Gasteiger partial charge on any atom is -0.497 e. The number of piperazine rings is 1. The van der Waals surface area contributed by atoms with Gasteiger partial charge in [0.25, 0.3) is 0 Å². The highest BCUT2D eigenvalue weighted by Gasteiger charge is 2.26. The summed E-state index contributed by atoms with van der Waals surface area (Å²) in [6.45, 7) is 10.0. The van der Waals surface area contributed by atoms with E-state index in [1.54, 1.807) is 14.2 Å². The highest BCUT2D eigenvalue weighted by atomic mass is 16.5. The first-order chi connectivity index (χ1) is 17.7. The van der Waals surface area contributed by atoms with Crippen LogP contribution in [0.2, 0.25) is 0 Å². The summed E-state index contributed by atoms with van der Waals surface area (Å²) in [6.07, 6.45) is 6.68. The van der Waals surface area contributed by atoms with Gasteiger partial charge in [-0.05, 0) is 67.6 Å². The molecule has 0 N–H and O–H groups in total. The number of fused-ring (bicyclic) bond motifs is 2. The molecule has 0 bridgehead atoms. The molecule has 2 aromatic carbocycles. The number of aryl methyl sites for hydroxylation is 1. The highest BCUT2D eigenvalue weighted by molar-refractivity contribution is 5.95. The first-order valence-corrected chi connectivity index (χ1v) is 13.5. The second-order valence-corrected chi connectivity index (χ2v) is 10.1. The van der Waals surface area contributed by atoms with E-state index < -0.39 is 0 Å². The van der Waals surface area contributed by atoms with Crippen molar-refractivity contribution in [3.05, 3.63) is 59.8 Å². The van der Waals surface area contributed by atoms with Crippen molar-refractivity contribution in [2.75, 3.05) is 64.9 Å². The molecule has 1 aromatic heterocycles. The maximum atomic E-state index is 5.54. The van der Waals surface area contributed by atoms with E-state index in [-0.39, 0.29) is 0 Å². The van der Waals surface area contributed by atoms with Crippen LogP contribution in [0.15, 0.2) is 48.7 Å².